The van der Waals surface area contributed by atoms with Gasteiger partial charge in [-0.05, 0) is 48.6 Å². The van der Waals surface area contributed by atoms with Gasteiger partial charge in [0, 0.05) is 6.54 Å². The van der Waals surface area contributed by atoms with Crippen molar-refractivity contribution in [3.63, 3.8) is 0 Å². The summed E-state index contributed by atoms with van der Waals surface area (Å²) in [7, 11) is 0. The zero-order valence-corrected chi connectivity index (χ0v) is 14.4. The summed E-state index contributed by atoms with van der Waals surface area (Å²) in [5.74, 6) is 0.443. The van der Waals surface area contributed by atoms with Gasteiger partial charge in [-0.2, -0.15) is 0 Å². The van der Waals surface area contributed by atoms with Crippen LogP contribution in [0.2, 0.25) is 0 Å². The number of carbonyl (C=O) groups is 1. The molecule has 2 aliphatic rings. The van der Waals surface area contributed by atoms with E-state index in [1.54, 1.807) is 12.1 Å². The zero-order chi connectivity index (χ0) is 17.4. The second kappa shape index (κ2) is 6.19. The van der Waals surface area contributed by atoms with E-state index in [0.29, 0.717) is 19.7 Å². The lowest BCUT2D eigenvalue weighted by molar-refractivity contribution is -0.141. The number of aromatic hydroxyl groups is 1. The van der Waals surface area contributed by atoms with Crippen molar-refractivity contribution in [1.82, 2.24) is 4.90 Å². The number of hydrogen-bond acceptors (Lipinski definition) is 3. The highest BCUT2D eigenvalue weighted by atomic mass is 16.5. The molecule has 1 aliphatic carbocycles. The van der Waals surface area contributed by atoms with Gasteiger partial charge in [0.1, 0.15) is 11.9 Å². The van der Waals surface area contributed by atoms with Gasteiger partial charge in [0.05, 0.1) is 18.6 Å². The highest BCUT2D eigenvalue weighted by Crippen LogP contribution is 2.51. The predicted octanol–water partition coefficient (Wildman–Crippen LogP) is 3.33. The summed E-state index contributed by atoms with van der Waals surface area (Å²) in [6, 6.07) is 15.3. The number of carbonyl (C=O) groups excluding carboxylic acids is 1. The lowest BCUT2D eigenvalue weighted by Crippen LogP contribution is -2.47. The fourth-order valence-electron chi connectivity index (χ4n) is 3.90. The van der Waals surface area contributed by atoms with Crippen LogP contribution in [-0.2, 0) is 14.9 Å². The second-order valence-electron chi connectivity index (χ2n) is 7.10. The van der Waals surface area contributed by atoms with E-state index in [1.165, 1.54) is 11.1 Å². The molecule has 130 valence electrons. The van der Waals surface area contributed by atoms with Gasteiger partial charge in [-0.25, -0.2) is 0 Å². The molecule has 1 amide bonds. The summed E-state index contributed by atoms with van der Waals surface area (Å²) < 4.78 is 5.86. The van der Waals surface area contributed by atoms with E-state index in [0.717, 1.165) is 18.4 Å². The fourth-order valence-corrected chi connectivity index (χ4v) is 3.90. The molecule has 2 aromatic carbocycles. The summed E-state index contributed by atoms with van der Waals surface area (Å²) in [5, 5.41) is 9.70. The third kappa shape index (κ3) is 2.91. The van der Waals surface area contributed by atoms with Crippen molar-refractivity contribution >= 4 is 5.91 Å². The van der Waals surface area contributed by atoms with Crippen LogP contribution in [0.15, 0.2) is 48.5 Å². The first-order chi connectivity index (χ1) is 12.1. The average Bonchev–Trinajstić information content (AvgIpc) is 3.43. The van der Waals surface area contributed by atoms with Crippen molar-refractivity contribution in [2.75, 3.05) is 19.7 Å². The first-order valence-electron chi connectivity index (χ1n) is 8.86. The molecule has 0 aromatic heterocycles. The lowest BCUT2D eigenvalue weighted by Gasteiger charge is -2.36. The van der Waals surface area contributed by atoms with Crippen LogP contribution < -0.4 is 0 Å². The summed E-state index contributed by atoms with van der Waals surface area (Å²) in [4.78, 5) is 15.2. The minimum atomic E-state index is -0.341. The number of nitrogens with zero attached hydrogens (tertiary/aromatic N) is 1. The minimum absolute atomic E-state index is 0.183. The van der Waals surface area contributed by atoms with Crippen LogP contribution in [0.5, 0.6) is 5.75 Å². The Balaban J connectivity index is 1.56. The Kier molecular flexibility index (Phi) is 4.00. The van der Waals surface area contributed by atoms with Gasteiger partial charge in [0.2, 0.25) is 5.91 Å². The maximum Gasteiger partial charge on any atom is 0.233 e. The molecule has 0 unspecified atom stereocenters. The number of phenolic OH excluding ortho intramolecular Hbond substituents is 1. The van der Waals surface area contributed by atoms with Crippen LogP contribution in [0.1, 0.15) is 35.6 Å². The molecule has 4 rings (SSSR count). The van der Waals surface area contributed by atoms with Crippen molar-refractivity contribution in [3.05, 3.63) is 65.2 Å². The molecule has 0 spiro atoms. The maximum absolute atomic E-state index is 13.3. The molecule has 2 aromatic rings. The van der Waals surface area contributed by atoms with Gasteiger partial charge in [-0.3, -0.25) is 4.79 Å². The minimum Gasteiger partial charge on any atom is -0.508 e. The first kappa shape index (κ1) is 16.2. The Morgan fingerprint density at radius 3 is 2.72 bits per heavy atom. The van der Waals surface area contributed by atoms with Crippen LogP contribution in [0.25, 0.3) is 0 Å². The van der Waals surface area contributed by atoms with E-state index >= 15 is 0 Å². The van der Waals surface area contributed by atoms with E-state index in [9.17, 15) is 9.90 Å². The largest absolute Gasteiger partial charge is 0.508 e. The van der Waals surface area contributed by atoms with Crippen molar-refractivity contribution in [1.29, 1.82) is 0 Å². The Hall–Kier alpha value is -2.33. The van der Waals surface area contributed by atoms with Gasteiger partial charge in [0.15, 0.2) is 0 Å². The maximum atomic E-state index is 13.3. The molecular formula is C21H23NO3. The van der Waals surface area contributed by atoms with Gasteiger partial charge >= 0.3 is 0 Å². The van der Waals surface area contributed by atoms with Gasteiger partial charge in [0.25, 0.3) is 0 Å². The van der Waals surface area contributed by atoms with E-state index < -0.39 is 0 Å². The molecule has 0 radical (unpaired) electrons. The summed E-state index contributed by atoms with van der Waals surface area (Å²) in [6.45, 7) is 3.77. The van der Waals surface area contributed by atoms with E-state index in [2.05, 4.69) is 19.1 Å². The summed E-state index contributed by atoms with van der Waals surface area (Å²) >= 11 is 0. The molecule has 0 bridgehead atoms. The number of hydrogen-bond donors (Lipinski definition) is 1. The number of phenols is 1. The van der Waals surface area contributed by atoms with Crippen LogP contribution >= 0.6 is 0 Å². The van der Waals surface area contributed by atoms with Crippen molar-refractivity contribution in [2.45, 2.75) is 31.3 Å². The molecule has 1 aliphatic heterocycles. The summed E-state index contributed by atoms with van der Waals surface area (Å²) in [5.41, 5.74) is 2.93. The molecular weight excluding hydrogens is 314 g/mol. The van der Waals surface area contributed by atoms with Crippen molar-refractivity contribution in [2.24, 2.45) is 0 Å². The van der Waals surface area contributed by atoms with Crippen molar-refractivity contribution in [3.8, 4) is 5.75 Å². The van der Waals surface area contributed by atoms with Crippen LogP contribution in [0.4, 0.5) is 0 Å². The second-order valence-corrected chi connectivity index (χ2v) is 7.10. The van der Waals surface area contributed by atoms with Crippen molar-refractivity contribution < 1.29 is 14.6 Å². The van der Waals surface area contributed by atoms with E-state index in [-0.39, 0.29) is 23.2 Å². The lowest BCUT2D eigenvalue weighted by atomic mass is 9.90. The van der Waals surface area contributed by atoms with Crippen LogP contribution in [0.3, 0.4) is 0 Å². The third-order valence-electron chi connectivity index (χ3n) is 5.42. The molecule has 2 fully saturated rings. The number of benzene rings is 2. The quantitative estimate of drug-likeness (QED) is 0.934. The van der Waals surface area contributed by atoms with Gasteiger partial charge in [-0.1, -0.05) is 36.4 Å². The molecule has 4 heteroatoms. The van der Waals surface area contributed by atoms with E-state index in [4.69, 9.17) is 4.74 Å². The number of aryl methyl sites for hydroxylation is 1. The molecule has 1 saturated heterocycles. The topological polar surface area (TPSA) is 49.8 Å². The van der Waals surface area contributed by atoms with Crippen LogP contribution in [0, 0.1) is 6.92 Å². The number of amides is 1. The Labute approximate surface area is 148 Å². The number of morpholine rings is 1. The number of rotatable bonds is 3. The predicted molar refractivity (Wildman–Crippen MR) is 95.5 cm³/mol. The smallest absolute Gasteiger partial charge is 0.233 e. The summed E-state index contributed by atoms with van der Waals surface area (Å²) in [6.07, 6.45) is 1.66. The first-order valence-corrected chi connectivity index (χ1v) is 8.86. The zero-order valence-electron chi connectivity index (χ0n) is 14.4. The normalized spacial score (nSPS) is 21.8. The third-order valence-corrected chi connectivity index (χ3v) is 5.42. The standard InChI is InChI=1S/C21H23NO3/c1-15-5-2-3-8-18(15)21(9-10-21)20(24)22-11-12-25-19(14-22)16-6-4-7-17(23)13-16/h2-8,13,19,23H,9-12,14H2,1H3/t19-/m1/s1. The molecule has 25 heavy (non-hydrogen) atoms. The molecule has 1 atom stereocenters. The molecule has 4 nitrogen and oxygen atoms in total. The SMILES string of the molecule is Cc1ccccc1C1(C(=O)N2CCO[C@@H](c3cccc(O)c3)C2)CC1. The average molecular weight is 337 g/mol. The number of ether oxygens (including phenoxy) is 1. The van der Waals surface area contributed by atoms with Crippen LogP contribution in [-0.4, -0.2) is 35.6 Å². The molecule has 1 heterocycles. The van der Waals surface area contributed by atoms with Gasteiger partial charge in [-0.15, -0.1) is 0 Å². The molecule has 1 saturated carbocycles. The van der Waals surface area contributed by atoms with Gasteiger partial charge < -0.3 is 14.7 Å². The highest BCUT2D eigenvalue weighted by Gasteiger charge is 2.54. The highest BCUT2D eigenvalue weighted by molar-refractivity contribution is 5.91. The molecule has 1 N–H and O–H groups in total. The fraction of sp³-hybridized carbons (Fsp3) is 0.381. The Morgan fingerprint density at radius 1 is 1.20 bits per heavy atom. The Morgan fingerprint density at radius 2 is 2.00 bits per heavy atom. The Bertz CT molecular complexity index is 797. The van der Waals surface area contributed by atoms with E-state index in [1.807, 2.05) is 29.2 Å². The monoisotopic (exact) mass is 337 g/mol.